The van der Waals surface area contributed by atoms with Gasteiger partial charge in [0.05, 0.1) is 20.6 Å². The third-order valence-electron chi connectivity index (χ3n) is 2.99. The summed E-state index contributed by atoms with van der Waals surface area (Å²) in [6.45, 7) is 1.98. The minimum absolute atomic E-state index is 0.275. The Kier molecular flexibility index (Phi) is 6.39. The van der Waals surface area contributed by atoms with Crippen molar-refractivity contribution in [3.05, 3.63) is 35.4 Å². The van der Waals surface area contributed by atoms with E-state index in [0.29, 0.717) is 5.56 Å². The van der Waals surface area contributed by atoms with Gasteiger partial charge in [0, 0.05) is 5.56 Å². The molecule has 6 nitrogen and oxygen atoms in total. The second kappa shape index (κ2) is 8.04. The molecule has 0 bridgehead atoms. The van der Waals surface area contributed by atoms with Crippen LogP contribution in [0.1, 0.15) is 29.3 Å². The maximum Gasteiger partial charge on any atom is 0.328 e. The molecule has 114 valence electrons. The van der Waals surface area contributed by atoms with Crippen molar-refractivity contribution in [1.29, 1.82) is 0 Å². The van der Waals surface area contributed by atoms with Gasteiger partial charge in [-0.3, -0.25) is 9.59 Å². The van der Waals surface area contributed by atoms with E-state index in [0.717, 1.165) is 12.0 Å². The molecule has 1 aromatic carbocycles. The highest BCUT2D eigenvalue weighted by Crippen LogP contribution is 2.07. The highest BCUT2D eigenvalue weighted by Gasteiger charge is 2.25. The van der Waals surface area contributed by atoms with E-state index in [9.17, 15) is 14.4 Å². The molecule has 0 heterocycles. The van der Waals surface area contributed by atoms with E-state index in [-0.39, 0.29) is 6.42 Å². The van der Waals surface area contributed by atoms with Crippen LogP contribution >= 0.6 is 0 Å². The lowest BCUT2D eigenvalue weighted by Gasteiger charge is -2.15. The fraction of sp³-hybridized carbons (Fsp3) is 0.400. The van der Waals surface area contributed by atoms with Crippen molar-refractivity contribution in [1.82, 2.24) is 5.32 Å². The van der Waals surface area contributed by atoms with E-state index in [1.165, 1.54) is 14.2 Å². The van der Waals surface area contributed by atoms with Gasteiger partial charge >= 0.3 is 11.9 Å². The van der Waals surface area contributed by atoms with Crippen LogP contribution in [-0.2, 0) is 25.5 Å². The normalized spacial score (nSPS) is 11.4. The average Bonchev–Trinajstić information content (AvgIpc) is 2.53. The predicted molar refractivity (Wildman–Crippen MR) is 75.7 cm³/mol. The molecule has 0 aliphatic carbocycles. The summed E-state index contributed by atoms with van der Waals surface area (Å²) in [5.41, 5.74) is 1.43. The largest absolute Gasteiger partial charge is 0.469 e. The van der Waals surface area contributed by atoms with Crippen LogP contribution in [0.3, 0.4) is 0 Å². The van der Waals surface area contributed by atoms with Gasteiger partial charge < -0.3 is 14.8 Å². The second-order valence-electron chi connectivity index (χ2n) is 4.38. The summed E-state index contributed by atoms with van der Waals surface area (Å²) in [6.07, 6.45) is 0.520. The molecule has 1 aromatic rings. The zero-order valence-corrected chi connectivity index (χ0v) is 12.3. The number of ether oxygens (including phenoxy) is 2. The van der Waals surface area contributed by atoms with Crippen LogP contribution in [0.25, 0.3) is 0 Å². The lowest BCUT2D eigenvalue weighted by atomic mass is 10.1. The van der Waals surface area contributed by atoms with Crippen LogP contribution in [0.5, 0.6) is 0 Å². The van der Waals surface area contributed by atoms with Gasteiger partial charge in [0.1, 0.15) is 6.04 Å². The molecular weight excluding hydrogens is 274 g/mol. The van der Waals surface area contributed by atoms with Gasteiger partial charge in [-0.2, -0.15) is 0 Å². The molecule has 0 saturated heterocycles. The van der Waals surface area contributed by atoms with Gasteiger partial charge in [-0.25, -0.2) is 4.79 Å². The monoisotopic (exact) mass is 293 g/mol. The lowest BCUT2D eigenvalue weighted by Crippen LogP contribution is -2.43. The molecule has 1 atom stereocenters. The summed E-state index contributed by atoms with van der Waals surface area (Å²) >= 11 is 0. The number of esters is 2. The Morgan fingerprint density at radius 1 is 1.19 bits per heavy atom. The quantitative estimate of drug-likeness (QED) is 0.794. The fourth-order valence-corrected chi connectivity index (χ4v) is 1.76. The van der Waals surface area contributed by atoms with Gasteiger partial charge in [-0.15, -0.1) is 0 Å². The number of amides is 1. The minimum atomic E-state index is -1.07. The van der Waals surface area contributed by atoms with E-state index in [4.69, 9.17) is 0 Å². The van der Waals surface area contributed by atoms with Crippen molar-refractivity contribution in [2.24, 2.45) is 0 Å². The van der Waals surface area contributed by atoms with Crippen LogP contribution in [-0.4, -0.2) is 38.1 Å². The third-order valence-corrected chi connectivity index (χ3v) is 2.99. The molecule has 0 fully saturated rings. The maximum absolute atomic E-state index is 12.1. The Bertz CT molecular complexity index is 527. The first-order chi connectivity index (χ1) is 10.0. The van der Waals surface area contributed by atoms with Gasteiger partial charge in [-0.05, 0) is 24.1 Å². The Hall–Kier alpha value is -2.37. The van der Waals surface area contributed by atoms with Crippen molar-refractivity contribution in [3.8, 4) is 0 Å². The number of hydrogen-bond donors (Lipinski definition) is 1. The molecule has 0 aromatic heterocycles. The molecule has 0 aliphatic rings. The summed E-state index contributed by atoms with van der Waals surface area (Å²) in [6, 6.07) is 5.98. The Balaban J connectivity index is 2.83. The Morgan fingerprint density at radius 3 is 2.48 bits per heavy atom. The number of rotatable bonds is 6. The molecule has 6 heteroatoms. The molecule has 1 rings (SSSR count). The van der Waals surface area contributed by atoms with Gasteiger partial charge in [-0.1, -0.05) is 19.1 Å². The van der Waals surface area contributed by atoms with Gasteiger partial charge in [0.15, 0.2) is 0 Å². The Labute approximate surface area is 123 Å². The van der Waals surface area contributed by atoms with E-state index in [1.807, 2.05) is 13.0 Å². The van der Waals surface area contributed by atoms with Crippen LogP contribution in [0.2, 0.25) is 0 Å². The first kappa shape index (κ1) is 16.7. The Morgan fingerprint density at radius 2 is 1.90 bits per heavy atom. The number of methoxy groups -OCH3 is 2. The SMILES string of the molecule is CCc1cccc(C(=O)N[C@@H](CC(=O)OC)C(=O)OC)c1. The summed E-state index contributed by atoms with van der Waals surface area (Å²) in [5, 5.41) is 2.49. The zero-order valence-electron chi connectivity index (χ0n) is 12.3. The maximum atomic E-state index is 12.1. The van der Waals surface area contributed by atoms with E-state index < -0.39 is 23.9 Å². The third kappa shape index (κ3) is 4.91. The molecule has 21 heavy (non-hydrogen) atoms. The zero-order chi connectivity index (χ0) is 15.8. The molecule has 0 saturated carbocycles. The van der Waals surface area contributed by atoms with Crippen molar-refractivity contribution >= 4 is 17.8 Å². The van der Waals surface area contributed by atoms with Gasteiger partial charge in [0.2, 0.25) is 0 Å². The number of carbonyl (C=O) groups excluding carboxylic acids is 3. The molecule has 0 unspecified atom stereocenters. The van der Waals surface area contributed by atoms with Crippen LogP contribution in [0, 0.1) is 0 Å². The van der Waals surface area contributed by atoms with Crippen molar-refractivity contribution in [3.63, 3.8) is 0 Å². The number of nitrogens with one attached hydrogen (secondary N) is 1. The summed E-state index contributed by atoms with van der Waals surface area (Å²) in [4.78, 5) is 35.0. The van der Waals surface area contributed by atoms with Crippen LogP contribution < -0.4 is 5.32 Å². The summed E-state index contributed by atoms with van der Waals surface area (Å²) in [7, 11) is 2.40. The molecule has 0 spiro atoms. The van der Waals surface area contributed by atoms with Gasteiger partial charge in [0.25, 0.3) is 5.91 Å². The van der Waals surface area contributed by atoms with Crippen molar-refractivity contribution in [2.75, 3.05) is 14.2 Å². The van der Waals surface area contributed by atoms with E-state index in [1.54, 1.807) is 18.2 Å². The van der Waals surface area contributed by atoms with E-state index in [2.05, 4.69) is 14.8 Å². The molecule has 1 N–H and O–H groups in total. The molecule has 0 radical (unpaired) electrons. The predicted octanol–water partition coefficient (Wildman–Crippen LogP) is 1.08. The number of hydrogen-bond acceptors (Lipinski definition) is 5. The van der Waals surface area contributed by atoms with E-state index >= 15 is 0 Å². The number of aryl methyl sites for hydroxylation is 1. The molecule has 0 aliphatic heterocycles. The number of benzene rings is 1. The van der Waals surface area contributed by atoms with Crippen molar-refractivity contribution < 1.29 is 23.9 Å². The standard InChI is InChI=1S/C15H19NO5/c1-4-10-6-5-7-11(8-10)14(18)16-12(15(19)21-3)9-13(17)20-2/h5-8,12H,4,9H2,1-3H3,(H,16,18)/t12-/m0/s1. The smallest absolute Gasteiger partial charge is 0.328 e. The van der Waals surface area contributed by atoms with Crippen LogP contribution in [0.15, 0.2) is 24.3 Å². The summed E-state index contributed by atoms with van der Waals surface area (Å²) in [5.74, 6) is -1.74. The second-order valence-corrected chi connectivity index (χ2v) is 4.38. The first-order valence-corrected chi connectivity index (χ1v) is 6.56. The molecule has 1 amide bonds. The lowest BCUT2D eigenvalue weighted by molar-refractivity contribution is -0.149. The molecular formula is C15H19NO5. The minimum Gasteiger partial charge on any atom is -0.469 e. The number of carbonyl (C=O) groups is 3. The fourth-order valence-electron chi connectivity index (χ4n) is 1.76. The highest BCUT2D eigenvalue weighted by atomic mass is 16.5. The highest BCUT2D eigenvalue weighted by molar-refractivity contribution is 5.97. The van der Waals surface area contributed by atoms with Crippen molar-refractivity contribution in [2.45, 2.75) is 25.8 Å². The summed E-state index contributed by atoms with van der Waals surface area (Å²) < 4.78 is 9.08. The topological polar surface area (TPSA) is 81.7 Å². The van der Waals surface area contributed by atoms with Crippen LogP contribution in [0.4, 0.5) is 0 Å². The first-order valence-electron chi connectivity index (χ1n) is 6.56. The average molecular weight is 293 g/mol.